The van der Waals surface area contributed by atoms with Crippen LogP contribution in [0.1, 0.15) is 71.6 Å². The van der Waals surface area contributed by atoms with E-state index in [1.54, 1.807) is 6.92 Å². The van der Waals surface area contributed by atoms with Gasteiger partial charge in [-0.3, -0.25) is 4.79 Å². The monoisotopic (exact) mass is 708 g/mol. The second-order valence-electron chi connectivity index (χ2n) is 14.1. The van der Waals surface area contributed by atoms with Crippen molar-refractivity contribution in [1.82, 2.24) is 0 Å². The average Bonchev–Trinajstić information content (AvgIpc) is 3.71. The van der Waals surface area contributed by atoms with Gasteiger partial charge in [-0.1, -0.05) is 50.3 Å². The number of halogens is 11. The van der Waals surface area contributed by atoms with Crippen LogP contribution in [0.2, 0.25) is 0 Å². The van der Waals surface area contributed by atoms with E-state index < -0.39 is 72.2 Å². The molecule has 4 fully saturated rings. The first-order chi connectivity index (χ1) is 21.8. The van der Waals surface area contributed by atoms with Crippen LogP contribution in [0.5, 0.6) is 0 Å². The molecule has 48 heavy (non-hydrogen) atoms. The summed E-state index contributed by atoms with van der Waals surface area (Å²) in [7, 11) is 0. The molecule has 0 unspecified atom stereocenters. The van der Waals surface area contributed by atoms with Crippen molar-refractivity contribution in [3.63, 3.8) is 0 Å². The lowest BCUT2D eigenvalue weighted by atomic mass is 9.61. The Hall–Kier alpha value is -2.26. The van der Waals surface area contributed by atoms with Gasteiger partial charge in [0, 0.05) is 6.42 Å². The topological polar surface area (TPSA) is 77.8 Å². The highest BCUT2D eigenvalue weighted by Gasteiger charge is 2.89. The molecule has 15 heteroatoms. The molecule has 3 N–H and O–H groups in total. The number of rotatable bonds is 10. The van der Waals surface area contributed by atoms with Crippen molar-refractivity contribution in [2.24, 2.45) is 28.6 Å². The van der Waals surface area contributed by atoms with Gasteiger partial charge in [-0.2, -0.15) is 48.3 Å². The molecule has 0 saturated heterocycles. The van der Waals surface area contributed by atoms with Gasteiger partial charge in [-0.15, -0.1) is 0 Å². The Balaban J connectivity index is 1.50. The lowest BCUT2D eigenvalue weighted by Gasteiger charge is -2.44. The van der Waals surface area contributed by atoms with Crippen LogP contribution in [0.4, 0.5) is 48.3 Å². The number of alkyl halides is 11. The third-order valence-corrected chi connectivity index (χ3v) is 11.2. The van der Waals surface area contributed by atoms with Crippen LogP contribution in [-0.4, -0.2) is 69.3 Å². The molecule has 272 valence electrons. The number of hydrogen-bond donors (Lipinski definition) is 3. The summed E-state index contributed by atoms with van der Waals surface area (Å²) in [4.78, 5) is 12.5. The molecular weight excluding hydrogens is 669 g/mol. The van der Waals surface area contributed by atoms with E-state index in [9.17, 15) is 68.4 Å². The first kappa shape index (κ1) is 38.5. The number of fused-ring (bicyclic) bond motifs is 1. The second kappa shape index (κ2) is 12.5. The molecular formula is C33H39F11O4. The minimum absolute atomic E-state index is 0.0458. The SMILES string of the molecule is C=C1C(=CC=C2CCC[C@]3(C)[C@@H]([C@H](C)C=C[C@@H](O)C4(C(=O)C(F)(F)C(F)(F)C(F)(F)C(F)(F)C(F)(F)F)CC4)CC[C@@H]23)C[C@@H](O)C[C@@H]1O. The number of allylic oxidation sites excluding steroid dienone is 4. The Bertz CT molecular complexity index is 1360. The first-order valence-corrected chi connectivity index (χ1v) is 15.7. The molecule has 0 heterocycles. The van der Waals surface area contributed by atoms with Crippen LogP contribution >= 0.6 is 0 Å². The molecule has 0 radical (unpaired) electrons. The summed E-state index contributed by atoms with van der Waals surface area (Å²) >= 11 is 0. The van der Waals surface area contributed by atoms with E-state index in [0.717, 1.165) is 42.9 Å². The first-order valence-electron chi connectivity index (χ1n) is 15.7. The van der Waals surface area contributed by atoms with Gasteiger partial charge in [0.05, 0.1) is 23.7 Å². The predicted octanol–water partition coefficient (Wildman–Crippen LogP) is 8.13. The Morgan fingerprint density at radius 1 is 0.896 bits per heavy atom. The van der Waals surface area contributed by atoms with E-state index in [1.165, 1.54) is 6.08 Å². The van der Waals surface area contributed by atoms with E-state index in [4.69, 9.17) is 0 Å². The van der Waals surface area contributed by atoms with Gasteiger partial charge in [0.15, 0.2) is 0 Å². The molecule has 7 atom stereocenters. The summed E-state index contributed by atoms with van der Waals surface area (Å²) < 4.78 is 149. The van der Waals surface area contributed by atoms with E-state index in [2.05, 4.69) is 13.5 Å². The average molecular weight is 709 g/mol. The smallest absolute Gasteiger partial charge is 0.393 e. The Labute approximate surface area is 270 Å². The van der Waals surface area contributed by atoms with E-state index in [0.29, 0.717) is 18.4 Å². The molecule has 0 amide bonds. The van der Waals surface area contributed by atoms with Crippen LogP contribution < -0.4 is 0 Å². The number of carbonyl (C=O) groups is 1. The second-order valence-corrected chi connectivity index (χ2v) is 14.1. The third-order valence-electron chi connectivity index (χ3n) is 11.2. The molecule has 4 saturated carbocycles. The predicted molar refractivity (Wildman–Crippen MR) is 152 cm³/mol. The lowest BCUT2D eigenvalue weighted by molar-refractivity contribution is -0.417. The molecule has 0 aromatic heterocycles. The van der Waals surface area contributed by atoms with Crippen LogP contribution in [0.3, 0.4) is 0 Å². The fourth-order valence-electron chi connectivity index (χ4n) is 8.03. The van der Waals surface area contributed by atoms with Crippen LogP contribution in [0.15, 0.2) is 47.6 Å². The number of hydrogen-bond acceptors (Lipinski definition) is 4. The molecule has 0 aromatic rings. The zero-order chi connectivity index (χ0) is 36.5. The molecule has 4 rings (SSSR count). The summed E-state index contributed by atoms with van der Waals surface area (Å²) in [5, 5.41) is 30.9. The zero-order valence-corrected chi connectivity index (χ0v) is 26.3. The molecule has 0 aromatic carbocycles. The number of Topliss-reactive ketones (excluding diaryl/α,β-unsaturated/α-hetero) is 1. The summed E-state index contributed by atoms with van der Waals surface area (Å²) in [6.45, 7) is 7.75. The summed E-state index contributed by atoms with van der Waals surface area (Å²) in [5.74, 6) is -32.8. The maximum absolute atomic E-state index is 14.6. The minimum atomic E-state index is -7.70. The van der Waals surface area contributed by atoms with Crippen molar-refractivity contribution in [3.05, 3.63) is 47.6 Å². The summed E-state index contributed by atoms with van der Waals surface area (Å²) in [5.41, 5.74) is -0.634. The molecule has 0 spiro atoms. The van der Waals surface area contributed by atoms with Gasteiger partial charge in [-0.25, -0.2) is 0 Å². The van der Waals surface area contributed by atoms with Gasteiger partial charge in [0.2, 0.25) is 5.78 Å². The lowest BCUT2D eigenvalue weighted by Crippen LogP contribution is -2.69. The maximum Gasteiger partial charge on any atom is 0.460 e. The van der Waals surface area contributed by atoms with Gasteiger partial charge in [0.1, 0.15) is 0 Å². The Kier molecular flexibility index (Phi) is 10.0. The number of ketones is 1. The van der Waals surface area contributed by atoms with Gasteiger partial charge in [-0.05, 0) is 85.7 Å². The molecule has 0 bridgehead atoms. The fourth-order valence-corrected chi connectivity index (χ4v) is 8.03. The van der Waals surface area contributed by atoms with Crippen molar-refractivity contribution >= 4 is 5.78 Å². The van der Waals surface area contributed by atoms with Crippen LogP contribution in [0.25, 0.3) is 0 Å². The highest BCUT2D eigenvalue weighted by molar-refractivity contribution is 5.95. The van der Waals surface area contributed by atoms with Crippen LogP contribution in [0, 0.1) is 28.6 Å². The zero-order valence-electron chi connectivity index (χ0n) is 26.3. The minimum Gasteiger partial charge on any atom is -0.393 e. The summed E-state index contributed by atoms with van der Waals surface area (Å²) in [6, 6.07) is 0. The maximum atomic E-state index is 14.6. The van der Waals surface area contributed by atoms with Crippen molar-refractivity contribution in [2.45, 2.75) is 120 Å². The van der Waals surface area contributed by atoms with E-state index >= 15 is 0 Å². The normalized spacial score (nSPS) is 33.3. The number of aliphatic hydroxyl groups excluding tert-OH is 3. The third kappa shape index (κ3) is 6.07. The number of aliphatic hydroxyl groups is 3. The summed E-state index contributed by atoms with van der Waals surface area (Å²) in [6.07, 6.45) is -2.00. The molecule has 4 aliphatic carbocycles. The Morgan fingerprint density at radius 3 is 2.06 bits per heavy atom. The van der Waals surface area contributed by atoms with Crippen molar-refractivity contribution in [3.8, 4) is 0 Å². The highest BCUT2D eigenvalue weighted by atomic mass is 19.4. The van der Waals surface area contributed by atoms with Crippen molar-refractivity contribution in [2.75, 3.05) is 0 Å². The molecule has 4 aliphatic rings. The van der Waals surface area contributed by atoms with Crippen LogP contribution in [-0.2, 0) is 4.79 Å². The van der Waals surface area contributed by atoms with Gasteiger partial charge >= 0.3 is 29.9 Å². The standard InChI is InChI=1S/C33H39F11O4/c1-17(22-9-10-23-19(5-4-12-27(22,23)3)7-8-20-15-21(45)16-24(46)18(20)2)6-11-25(47)28(13-14-28)26(48)29(34,35)30(36,37)31(38,39)32(40,41)33(42,43)44/h6-8,11,17,21-25,45-47H,2,4-5,9-10,12-16H2,1,3H3/t17-,21-,22-,23+,24+,25-,27-/m1/s1. The molecule has 4 nitrogen and oxygen atoms in total. The van der Waals surface area contributed by atoms with Crippen molar-refractivity contribution < 1.29 is 68.4 Å². The van der Waals surface area contributed by atoms with Gasteiger partial charge < -0.3 is 15.3 Å². The highest BCUT2D eigenvalue weighted by Crippen LogP contribution is 2.62. The Morgan fingerprint density at radius 2 is 1.50 bits per heavy atom. The van der Waals surface area contributed by atoms with Crippen molar-refractivity contribution in [1.29, 1.82) is 0 Å². The fraction of sp³-hybridized carbons (Fsp3) is 0.727. The van der Waals surface area contributed by atoms with E-state index in [1.807, 2.05) is 12.2 Å². The quantitative estimate of drug-likeness (QED) is 0.158. The van der Waals surface area contributed by atoms with E-state index in [-0.39, 0.29) is 29.6 Å². The largest absolute Gasteiger partial charge is 0.460 e. The van der Waals surface area contributed by atoms with Gasteiger partial charge in [0.25, 0.3) is 0 Å². The molecule has 0 aliphatic heterocycles. The number of carbonyl (C=O) groups excluding carboxylic acids is 1.